The molecule has 0 bridgehead atoms. The topological polar surface area (TPSA) is 29.1 Å². The van der Waals surface area contributed by atoms with E-state index < -0.39 is 0 Å². The maximum Gasteiger partial charge on any atom is 0.224 e. The van der Waals surface area contributed by atoms with Gasteiger partial charge in [-0.2, -0.15) is 0 Å². The highest BCUT2D eigenvalue weighted by Gasteiger charge is 2.47. The molecule has 3 heteroatoms. The van der Waals surface area contributed by atoms with Crippen molar-refractivity contribution in [2.24, 2.45) is 17.3 Å². The molecule has 1 N–H and O–H groups in total. The first-order valence-electron chi connectivity index (χ1n) is 6.99. The molecule has 0 saturated heterocycles. The van der Waals surface area contributed by atoms with Crippen LogP contribution in [0.5, 0.6) is 0 Å². The van der Waals surface area contributed by atoms with Crippen molar-refractivity contribution in [3.05, 3.63) is 30.1 Å². The standard InChI is InChI=1S/C16H22FNO/c1-4-11-9-12(16(11,2)3)10-15(19)18-14-7-5-13(17)6-8-14/h5-8,11-12H,4,9-10H2,1-3H3,(H,18,19)/t11-,12+/m1/s1. The summed E-state index contributed by atoms with van der Waals surface area (Å²) in [4.78, 5) is 12.0. The van der Waals surface area contributed by atoms with Crippen molar-refractivity contribution in [3.8, 4) is 0 Å². The number of amides is 1. The molecule has 1 aromatic rings. The van der Waals surface area contributed by atoms with Crippen LogP contribution in [0.1, 0.15) is 40.0 Å². The van der Waals surface area contributed by atoms with Crippen LogP contribution in [0.15, 0.2) is 24.3 Å². The van der Waals surface area contributed by atoms with Crippen molar-refractivity contribution in [3.63, 3.8) is 0 Å². The van der Waals surface area contributed by atoms with E-state index in [0.29, 0.717) is 18.0 Å². The number of nitrogens with one attached hydrogen (secondary N) is 1. The van der Waals surface area contributed by atoms with E-state index in [1.54, 1.807) is 12.1 Å². The molecule has 0 spiro atoms. The van der Waals surface area contributed by atoms with Crippen LogP contribution >= 0.6 is 0 Å². The van der Waals surface area contributed by atoms with Gasteiger partial charge < -0.3 is 5.32 Å². The zero-order valence-electron chi connectivity index (χ0n) is 11.9. The highest BCUT2D eigenvalue weighted by atomic mass is 19.1. The predicted octanol–water partition coefficient (Wildman–Crippen LogP) is 4.23. The minimum Gasteiger partial charge on any atom is -0.326 e. The number of carbonyl (C=O) groups excluding carboxylic acids is 1. The van der Waals surface area contributed by atoms with Gasteiger partial charge in [0, 0.05) is 12.1 Å². The summed E-state index contributed by atoms with van der Waals surface area (Å²) in [6.45, 7) is 6.71. The first kappa shape index (κ1) is 14.0. The fourth-order valence-electron chi connectivity index (χ4n) is 3.13. The molecule has 0 aromatic heterocycles. The molecular formula is C16H22FNO. The van der Waals surface area contributed by atoms with Crippen molar-refractivity contribution in [2.75, 3.05) is 5.32 Å². The lowest BCUT2D eigenvalue weighted by Crippen LogP contribution is -2.45. The molecule has 1 aromatic carbocycles. The van der Waals surface area contributed by atoms with Crippen LogP contribution in [0.4, 0.5) is 10.1 Å². The number of anilines is 1. The van der Waals surface area contributed by atoms with Crippen molar-refractivity contribution in [2.45, 2.75) is 40.0 Å². The second-order valence-electron chi connectivity index (χ2n) is 6.12. The largest absolute Gasteiger partial charge is 0.326 e. The van der Waals surface area contributed by atoms with Crippen LogP contribution in [0.25, 0.3) is 0 Å². The van der Waals surface area contributed by atoms with Crippen LogP contribution in [0.3, 0.4) is 0 Å². The normalized spacial score (nSPS) is 24.6. The Bertz CT molecular complexity index is 452. The summed E-state index contributed by atoms with van der Waals surface area (Å²) in [6.07, 6.45) is 2.88. The van der Waals surface area contributed by atoms with Gasteiger partial charge in [0.2, 0.25) is 5.91 Å². The monoisotopic (exact) mass is 263 g/mol. The molecule has 0 unspecified atom stereocenters. The summed E-state index contributed by atoms with van der Waals surface area (Å²) in [6, 6.07) is 5.90. The van der Waals surface area contributed by atoms with Crippen LogP contribution in [0, 0.1) is 23.1 Å². The Morgan fingerprint density at radius 2 is 1.95 bits per heavy atom. The molecule has 1 aliphatic carbocycles. The Labute approximate surface area is 114 Å². The Morgan fingerprint density at radius 1 is 1.32 bits per heavy atom. The van der Waals surface area contributed by atoms with Gasteiger partial charge in [0.25, 0.3) is 0 Å². The van der Waals surface area contributed by atoms with E-state index in [1.807, 2.05) is 0 Å². The van der Waals surface area contributed by atoms with E-state index in [9.17, 15) is 9.18 Å². The summed E-state index contributed by atoms with van der Waals surface area (Å²) < 4.78 is 12.8. The van der Waals surface area contributed by atoms with E-state index in [1.165, 1.54) is 18.6 Å². The van der Waals surface area contributed by atoms with Gasteiger partial charge in [0.15, 0.2) is 0 Å². The van der Waals surface area contributed by atoms with Gasteiger partial charge >= 0.3 is 0 Å². The lowest BCUT2D eigenvalue weighted by molar-refractivity contribution is -0.122. The zero-order chi connectivity index (χ0) is 14.0. The Kier molecular flexibility index (Phi) is 3.93. The van der Waals surface area contributed by atoms with Crippen molar-refractivity contribution >= 4 is 11.6 Å². The summed E-state index contributed by atoms with van der Waals surface area (Å²) in [5, 5.41) is 2.83. The third-order valence-corrected chi connectivity index (χ3v) is 4.73. The first-order valence-corrected chi connectivity index (χ1v) is 6.99. The number of rotatable bonds is 4. The van der Waals surface area contributed by atoms with Gasteiger partial charge in [-0.1, -0.05) is 27.2 Å². The third-order valence-electron chi connectivity index (χ3n) is 4.73. The average Bonchev–Trinajstić information content (AvgIpc) is 2.37. The molecule has 1 fully saturated rings. The molecule has 1 amide bonds. The maximum absolute atomic E-state index is 12.8. The molecule has 2 atom stereocenters. The number of hydrogen-bond acceptors (Lipinski definition) is 1. The smallest absolute Gasteiger partial charge is 0.224 e. The van der Waals surface area contributed by atoms with Gasteiger partial charge in [0.1, 0.15) is 5.82 Å². The molecule has 0 radical (unpaired) electrons. The van der Waals surface area contributed by atoms with Gasteiger partial charge in [-0.05, 0) is 47.9 Å². The van der Waals surface area contributed by atoms with Gasteiger partial charge in [-0.3, -0.25) is 4.79 Å². The minimum atomic E-state index is -0.288. The molecule has 104 valence electrons. The minimum absolute atomic E-state index is 0.0271. The van der Waals surface area contributed by atoms with Crippen molar-refractivity contribution in [1.29, 1.82) is 0 Å². The van der Waals surface area contributed by atoms with E-state index in [0.717, 1.165) is 12.3 Å². The number of benzene rings is 1. The van der Waals surface area contributed by atoms with E-state index >= 15 is 0 Å². The van der Waals surface area contributed by atoms with Gasteiger partial charge in [0.05, 0.1) is 0 Å². The molecule has 0 heterocycles. The molecule has 1 saturated carbocycles. The third kappa shape index (κ3) is 2.96. The number of halogens is 1. The van der Waals surface area contributed by atoms with E-state index in [2.05, 4.69) is 26.1 Å². The maximum atomic E-state index is 12.8. The zero-order valence-corrected chi connectivity index (χ0v) is 11.9. The summed E-state index contributed by atoms with van der Waals surface area (Å²) >= 11 is 0. The molecule has 0 aliphatic heterocycles. The Morgan fingerprint density at radius 3 is 2.47 bits per heavy atom. The van der Waals surface area contributed by atoms with Crippen molar-refractivity contribution < 1.29 is 9.18 Å². The SMILES string of the molecule is CC[C@@H]1C[C@@H](CC(=O)Nc2ccc(F)cc2)C1(C)C. The summed E-state index contributed by atoms with van der Waals surface area (Å²) in [7, 11) is 0. The molecule has 1 aliphatic rings. The van der Waals surface area contributed by atoms with E-state index in [-0.39, 0.29) is 17.1 Å². The lowest BCUT2D eigenvalue weighted by Gasteiger charge is -2.52. The molecule has 2 rings (SSSR count). The van der Waals surface area contributed by atoms with Crippen LogP contribution < -0.4 is 5.32 Å². The summed E-state index contributed by atoms with van der Waals surface area (Å²) in [5.74, 6) is 0.928. The Balaban J connectivity index is 1.87. The highest BCUT2D eigenvalue weighted by molar-refractivity contribution is 5.90. The summed E-state index contributed by atoms with van der Waals surface area (Å²) in [5.41, 5.74) is 0.921. The Hall–Kier alpha value is -1.38. The molecular weight excluding hydrogens is 241 g/mol. The number of carbonyl (C=O) groups is 1. The quantitative estimate of drug-likeness (QED) is 0.865. The average molecular weight is 263 g/mol. The fourth-order valence-corrected chi connectivity index (χ4v) is 3.13. The predicted molar refractivity (Wildman–Crippen MR) is 75.3 cm³/mol. The second kappa shape index (κ2) is 5.32. The van der Waals surface area contributed by atoms with Gasteiger partial charge in [-0.25, -0.2) is 4.39 Å². The number of hydrogen-bond donors (Lipinski definition) is 1. The molecule has 19 heavy (non-hydrogen) atoms. The fraction of sp³-hybridized carbons (Fsp3) is 0.562. The van der Waals surface area contributed by atoms with Crippen LogP contribution in [0.2, 0.25) is 0 Å². The van der Waals surface area contributed by atoms with E-state index in [4.69, 9.17) is 0 Å². The van der Waals surface area contributed by atoms with Crippen LogP contribution in [-0.2, 0) is 4.79 Å². The lowest BCUT2D eigenvalue weighted by atomic mass is 9.53. The van der Waals surface area contributed by atoms with Crippen LogP contribution in [-0.4, -0.2) is 5.91 Å². The first-order chi connectivity index (χ1) is 8.93. The molecule has 2 nitrogen and oxygen atoms in total. The second-order valence-corrected chi connectivity index (χ2v) is 6.12. The van der Waals surface area contributed by atoms with Crippen molar-refractivity contribution in [1.82, 2.24) is 0 Å². The highest BCUT2D eigenvalue weighted by Crippen LogP contribution is 2.54. The van der Waals surface area contributed by atoms with Gasteiger partial charge in [-0.15, -0.1) is 0 Å².